The fraction of sp³-hybridized carbons (Fsp3) is 0.900. The largest absolute Gasteiger partial charge is 0.467 e. The van der Waals surface area contributed by atoms with Crippen LogP contribution in [0.1, 0.15) is 34.1 Å². The summed E-state index contributed by atoms with van der Waals surface area (Å²) in [5.41, 5.74) is -2.36. The second kappa shape index (κ2) is 2.94. The molecule has 0 amide bonds. The zero-order valence-corrected chi connectivity index (χ0v) is 9.47. The quantitative estimate of drug-likeness (QED) is 0.604. The van der Waals surface area contributed by atoms with Gasteiger partial charge in [-0.3, -0.25) is 0 Å². The Morgan fingerprint density at radius 3 is 2.14 bits per heavy atom. The lowest BCUT2D eigenvalue weighted by molar-refractivity contribution is -0.167. The number of nitrogens with one attached hydrogen (secondary N) is 1. The highest BCUT2D eigenvalue weighted by Gasteiger charge is 2.60. The van der Waals surface area contributed by atoms with E-state index in [1.165, 1.54) is 7.11 Å². The number of esters is 1. The fourth-order valence-electron chi connectivity index (χ4n) is 2.35. The summed E-state index contributed by atoms with van der Waals surface area (Å²) >= 11 is 0. The molecule has 4 nitrogen and oxygen atoms in total. The van der Waals surface area contributed by atoms with Crippen LogP contribution >= 0.6 is 0 Å². The third-order valence-corrected chi connectivity index (χ3v) is 2.91. The third-order valence-electron chi connectivity index (χ3n) is 2.91. The standard InChI is InChI=1S/C10H19NO3/c1-8(2)6-10(13,7(12)14-5)9(3,4)11-8/h11,13H,6H2,1-5H3/t10-/m1/s1. The number of methoxy groups -OCH3 is 1. The maximum absolute atomic E-state index is 11.5. The van der Waals surface area contributed by atoms with E-state index in [4.69, 9.17) is 0 Å². The molecular formula is C10H19NO3. The van der Waals surface area contributed by atoms with Gasteiger partial charge in [0.05, 0.1) is 12.6 Å². The Morgan fingerprint density at radius 1 is 1.36 bits per heavy atom. The molecule has 4 heteroatoms. The highest BCUT2D eigenvalue weighted by Crippen LogP contribution is 2.39. The van der Waals surface area contributed by atoms with Crippen molar-refractivity contribution in [2.45, 2.75) is 50.8 Å². The van der Waals surface area contributed by atoms with Crippen LogP contribution in [0.3, 0.4) is 0 Å². The van der Waals surface area contributed by atoms with Crippen LogP contribution in [0.2, 0.25) is 0 Å². The van der Waals surface area contributed by atoms with Gasteiger partial charge in [-0.1, -0.05) is 0 Å². The van der Waals surface area contributed by atoms with Crippen molar-refractivity contribution < 1.29 is 14.6 Å². The molecule has 0 saturated carbocycles. The van der Waals surface area contributed by atoms with Crippen LogP contribution < -0.4 is 5.32 Å². The zero-order valence-electron chi connectivity index (χ0n) is 9.47. The van der Waals surface area contributed by atoms with Crippen molar-refractivity contribution in [1.82, 2.24) is 5.32 Å². The lowest BCUT2D eigenvalue weighted by atomic mass is 9.82. The zero-order chi connectivity index (χ0) is 11.2. The Labute approximate surface area is 84.6 Å². The fourth-order valence-corrected chi connectivity index (χ4v) is 2.35. The molecule has 0 unspecified atom stereocenters. The molecule has 82 valence electrons. The van der Waals surface area contributed by atoms with E-state index in [1.54, 1.807) is 13.8 Å². The summed E-state index contributed by atoms with van der Waals surface area (Å²) in [6.07, 6.45) is 0.361. The Hall–Kier alpha value is -0.610. The smallest absolute Gasteiger partial charge is 0.339 e. The lowest BCUT2D eigenvalue weighted by Gasteiger charge is -2.33. The van der Waals surface area contributed by atoms with Gasteiger partial charge in [-0.2, -0.15) is 0 Å². The predicted octanol–water partition coefficient (Wildman–Crippen LogP) is 0.441. The number of rotatable bonds is 1. The molecule has 1 heterocycles. The van der Waals surface area contributed by atoms with Gasteiger partial charge in [-0.25, -0.2) is 4.79 Å². The molecule has 1 rings (SSSR count). The highest BCUT2D eigenvalue weighted by molar-refractivity contribution is 5.82. The van der Waals surface area contributed by atoms with Crippen molar-refractivity contribution in [3.8, 4) is 0 Å². The summed E-state index contributed by atoms with van der Waals surface area (Å²) in [7, 11) is 1.29. The normalized spacial score (nSPS) is 34.1. The Balaban J connectivity index is 3.05. The average Bonchev–Trinajstić information content (AvgIpc) is 2.15. The minimum Gasteiger partial charge on any atom is -0.467 e. The Morgan fingerprint density at radius 2 is 1.86 bits per heavy atom. The average molecular weight is 201 g/mol. The molecule has 0 spiro atoms. The molecule has 0 aromatic rings. The van der Waals surface area contributed by atoms with Crippen LogP contribution in [0.4, 0.5) is 0 Å². The van der Waals surface area contributed by atoms with Gasteiger partial charge < -0.3 is 15.2 Å². The summed E-state index contributed by atoms with van der Waals surface area (Å²) in [4.78, 5) is 11.5. The molecule has 0 bridgehead atoms. The topological polar surface area (TPSA) is 58.6 Å². The summed E-state index contributed by atoms with van der Waals surface area (Å²) < 4.78 is 4.64. The van der Waals surface area contributed by atoms with E-state index in [1.807, 2.05) is 13.8 Å². The highest BCUT2D eigenvalue weighted by atomic mass is 16.5. The summed E-state index contributed by atoms with van der Waals surface area (Å²) in [5.74, 6) is -0.569. The minimum absolute atomic E-state index is 0.258. The van der Waals surface area contributed by atoms with Crippen molar-refractivity contribution in [3.63, 3.8) is 0 Å². The van der Waals surface area contributed by atoms with Crippen LogP contribution in [0, 0.1) is 0 Å². The van der Waals surface area contributed by atoms with Crippen LogP contribution in [-0.4, -0.2) is 34.9 Å². The number of ether oxygens (including phenoxy) is 1. The SMILES string of the molecule is COC(=O)[C@]1(O)CC(C)(C)NC1(C)C. The van der Waals surface area contributed by atoms with E-state index in [9.17, 15) is 9.90 Å². The second-order valence-corrected chi connectivity index (χ2v) is 5.16. The maximum atomic E-state index is 11.5. The first-order valence-corrected chi connectivity index (χ1v) is 4.75. The summed E-state index contributed by atoms with van der Waals surface area (Å²) in [5, 5.41) is 13.5. The van der Waals surface area contributed by atoms with Crippen molar-refractivity contribution >= 4 is 5.97 Å². The first kappa shape index (κ1) is 11.5. The Kier molecular flexibility index (Phi) is 2.41. The van der Waals surface area contributed by atoms with E-state index < -0.39 is 17.1 Å². The minimum atomic E-state index is -1.44. The van der Waals surface area contributed by atoms with Gasteiger partial charge in [-0.05, 0) is 27.7 Å². The number of carbonyl (C=O) groups is 1. The number of hydrogen-bond acceptors (Lipinski definition) is 4. The summed E-state index contributed by atoms with van der Waals surface area (Å²) in [6.45, 7) is 7.52. The molecule has 1 aliphatic heterocycles. The van der Waals surface area contributed by atoms with Crippen LogP contribution in [-0.2, 0) is 9.53 Å². The van der Waals surface area contributed by atoms with Gasteiger partial charge >= 0.3 is 5.97 Å². The maximum Gasteiger partial charge on any atom is 0.339 e. The van der Waals surface area contributed by atoms with Gasteiger partial charge in [0.25, 0.3) is 0 Å². The van der Waals surface area contributed by atoms with E-state index in [0.717, 1.165) is 0 Å². The Bertz CT molecular complexity index is 260. The van der Waals surface area contributed by atoms with Gasteiger partial charge in [0.15, 0.2) is 5.60 Å². The lowest BCUT2D eigenvalue weighted by Crippen LogP contribution is -2.57. The molecule has 1 aliphatic rings. The van der Waals surface area contributed by atoms with Gasteiger partial charge in [0, 0.05) is 12.0 Å². The number of aliphatic hydroxyl groups is 1. The molecule has 1 atom stereocenters. The molecule has 2 N–H and O–H groups in total. The van der Waals surface area contributed by atoms with Gasteiger partial charge in [-0.15, -0.1) is 0 Å². The van der Waals surface area contributed by atoms with E-state index in [0.29, 0.717) is 6.42 Å². The molecular weight excluding hydrogens is 182 g/mol. The first-order chi connectivity index (χ1) is 6.15. The van der Waals surface area contributed by atoms with E-state index in [-0.39, 0.29) is 5.54 Å². The van der Waals surface area contributed by atoms with Gasteiger partial charge in [0.1, 0.15) is 0 Å². The van der Waals surface area contributed by atoms with Crippen molar-refractivity contribution in [1.29, 1.82) is 0 Å². The molecule has 1 saturated heterocycles. The molecule has 0 radical (unpaired) electrons. The molecule has 1 fully saturated rings. The molecule has 14 heavy (non-hydrogen) atoms. The monoisotopic (exact) mass is 201 g/mol. The summed E-state index contributed by atoms with van der Waals surface area (Å²) in [6, 6.07) is 0. The van der Waals surface area contributed by atoms with E-state index >= 15 is 0 Å². The molecule has 0 aromatic carbocycles. The van der Waals surface area contributed by atoms with Crippen molar-refractivity contribution in [3.05, 3.63) is 0 Å². The van der Waals surface area contributed by atoms with Crippen LogP contribution in [0.15, 0.2) is 0 Å². The second-order valence-electron chi connectivity index (χ2n) is 5.16. The van der Waals surface area contributed by atoms with Crippen molar-refractivity contribution in [2.75, 3.05) is 7.11 Å². The van der Waals surface area contributed by atoms with E-state index in [2.05, 4.69) is 10.1 Å². The number of hydrogen-bond donors (Lipinski definition) is 2. The van der Waals surface area contributed by atoms with Crippen LogP contribution in [0.25, 0.3) is 0 Å². The van der Waals surface area contributed by atoms with Crippen LogP contribution in [0.5, 0.6) is 0 Å². The number of carbonyl (C=O) groups excluding carboxylic acids is 1. The predicted molar refractivity (Wildman–Crippen MR) is 52.9 cm³/mol. The first-order valence-electron chi connectivity index (χ1n) is 4.75. The third kappa shape index (κ3) is 1.53. The van der Waals surface area contributed by atoms with Crippen molar-refractivity contribution in [2.24, 2.45) is 0 Å². The molecule has 0 aromatic heterocycles. The van der Waals surface area contributed by atoms with Gasteiger partial charge in [0.2, 0.25) is 0 Å². The molecule has 0 aliphatic carbocycles.